The van der Waals surface area contributed by atoms with Crippen molar-refractivity contribution in [2.75, 3.05) is 0 Å². The lowest BCUT2D eigenvalue weighted by atomic mass is 11.3. The van der Waals surface area contributed by atoms with Gasteiger partial charge in [0.15, 0.2) is 0 Å². The van der Waals surface area contributed by atoms with Crippen LogP contribution in [-0.4, -0.2) is 19.1 Å². The predicted octanol–water partition coefficient (Wildman–Crippen LogP) is -1.18. The van der Waals surface area contributed by atoms with Crippen molar-refractivity contribution in [3.05, 3.63) is 0 Å². The van der Waals surface area contributed by atoms with Gasteiger partial charge < -0.3 is 5.73 Å². The van der Waals surface area contributed by atoms with Gasteiger partial charge in [-0.1, -0.05) is 0 Å². The molecule has 0 spiro atoms. The Bertz CT molecular complexity index is 191. The third kappa shape index (κ3) is 7.14. The van der Waals surface area contributed by atoms with Gasteiger partial charge in [-0.05, 0) is 4.33 Å². The van der Waals surface area contributed by atoms with Crippen molar-refractivity contribution in [3.8, 4) is 0 Å². The van der Waals surface area contributed by atoms with E-state index in [1.54, 1.807) is 0 Å². The molecule has 0 aromatic carbocycles. The highest BCUT2D eigenvalue weighted by Gasteiger charge is 2.07. The largest absolute Gasteiger partial charge is 0.437 e. The molecule has 0 radical (unpaired) electrons. The molecule has 0 bridgehead atoms. The normalized spacial score (nSPS) is 10.8. The molecule has 0 aliphatic heterocycles. The monoisotopic (exact) mass is 157 g/mol. The summed E-state index contributed by atoms with van der Waals surface area (Å²) in [4.78, 5) is 12.8. The second-order valence-electron chi connectivity index (χ2n) is 0.898. The average molecular weight is 157 g/mol. The van der Waals surface area contributed by atoms with Gasteiger partial charge in [-0.15, -0.1) is 0 Å². The van der Waals surface area contributed by atoms with Gasteiger partial charge in [0.25, 0.3) is 0 Å². The van der Waals surface area contributed by atoms with Crippen LogP contribution >= 0.6 is 0 Å². The van der Waals surface area contributed by atoms with Crippen LogP contribution in [0.25, 0.3) is 0 Å². The number of primary amides is 1. The Kier molecular flexibility index (Phi) is 2.37. The minimum Gasteiger partial charge on any atom is -0.333 e. The number of nitrogens with two attached hydrogens (primary N) is 1. The van der Waals surface area contributed by atoms with Crippen molar-refractivity contribution < 1.29 is 27.0 Å². The van der Waals surface area contributed by atoms with Crippen molar-refractivity contribution >= 4 is 16.5 Å². The second kappa shape index (κ2) is 2.62. The maximum atomic E-state index is 9.55. The predicted molar refractivity (Wildman–Crippen MR) is 23.3 cm³/mol. The first-order valence-corrected chi connectivity index (χ1v) is 2.91. The molecule has 0 aromatic rings. The van der Waals surface area contributed by atoms with Gasteiger partial charge in [-0.3, -0.25) is 9.44 Å². The number of rotatable bonds is 2. The topological polar surface area (TPSA) is 116 Å². The van der Waals surface area contributed by atoms with E-state index in [1.165, 1.54) is 0 Å². The minimum absolute atomic E-state index is 1.47. The zero-order chi connectivity index (χ0) is 7.49. The van der Waals surface area contributed by atoms with E-state index in [0.29, 0.717) is 0 Å². The molecule has 1 amide bonds. The van der Waals surface area contributed by atoms with Crippen LogP contribution in [0.2, 0.25) is 0 Å². The molecule has 7 nitrogen and oxygen atoms in total. The lowest BCUT2D eigenvalue weighted by Gasteiger charge is -1.92. The molecular weight excluding hydrogens is 154 g/mol. The summed E-state index contributed by atoms with van der Waals surface area (Å²) in [5.41, 5.74) is 4.24. The summed E-state index contributed by atoms with van der Waals surface area (Å²) in [5, 5.41) is 0. The van der Waals surface area contributed by atoms with E-state index >= 15 is 0 Å². The Hall–Kier alpha value is -0.860. The van der Waals surface area contributed by atoms with Crippen LogP contribution in [0, 0.1) is 0 Å². The number of hydrogen-bond acceptors (Lipinski definition) is 5. The number of carbonyl (C=O) groups is 1. The van der Waals surface area contributed by atoms with Crippen molar-refractivity contribution in [1.82, 2.24) is 0 Å². The summed E-state index contributed by atoms with van der Waals surface area (Å²) in [7, 11) is -4.74. The standard InChI is InChI=1S/CH3NO6S/c2-1(3)7-8-9(4,5)6/h(H2,2,3)(H,4,5,6). The van der Waals surface area contributed by atoms with E-state index in [-0.39, 0.29) is 0 Å². The summed E-state index contributed by atoms with van der Waals surface area (Å²) in [5.74, 6) is 0. The van der Waals surface area contributed by atoms with Crippen LogP contribution in [0.1, 0.15) is 0 Å². The molecule has 0 saturated carbocycles. The molecule has 54 valence electrons. The first kappa shape index (κ1) is 8.14. The van der Waals surface area contributed by atoms with Gasteiger partial charge in [0, 0.05) is 0 Å². The Morgan fingerprint density at radius 1 is 1.56 bits per heavy atom. The molecule has 0 heterocycles. The zero-order valence-corrected chi connectivity index (χ0v) is 4.79. The Labute approximate surface area is 50.2 Å². The van der Waals surface area contributed by atoms with Gasteiger partial charge in [0.2, 0.25) is 0 Å². The second-order valence-corrected chi connectivity index (χ2v) is 1.89. The molecule has 0 aromatic heterocycles. The van der Waals surface area contributed by atoms with Crippen LogP contribution in [-0.2, 0) is 19.6 Å². The Morgan fingerprint density at radius 3 is 2.11 bits per heavy atom. The molecule has 0 saturated heterocycles. The third-order valence-electron chi connectivity index (χ3n) is 0.202. The third-order valence-corrected chi connectivity index (χ3v) is 0.442. The number of carbonyl (C=O) groups excluding carboxylic acids is 1. The Morgan fingerprint density at radius 2 is 2.00 bits per heavy atom. The van der Waals surface area contributed by atoms with E-state index in [1.807, 2.05) is 0 Å². The SMILES string of the molecule is NC(=O)OOS(=O)(=O)O. The molecule has 3 N–H and O–H groups in total. The highest BCUT2D eigenvalue weighted by Crippen LogP contribution is 1.85. The van der Waals surface area contributed by atoms with Crippen LogP contribution in [0.15, 0.2) is 0 Å². The fourth-order valence-corrected chi connectivity index (χ4v) is 0.230. The lowest BCUT2D eigenvalue weighted by Crippen LogP contribution is -2.16. The van der Waals surface area contributed by atoms with Crippen molar-refractivity contribution in [2.45, 2.75) is 0 Å². The van der Waals surface area contributed by atoms with Gasteiger partial charge >= 0.3 is 16.5 Å². The summed E-state index contributed by atoms with van der Waals surface area (Å²) >= 11 is 0. The van der Waals surface area contributed by atoms with Crippen molar-refractivity contribution in [1.29, 1.82) is 0 Å². The summed E-state index contributed by atoms with van der Waals surface area (Å²) in [6.07, 6.45) is -1.47. The quantitative estimate of drug-likeness (QED) is 0.296. The average Bonchev–Trinajstić information content (AvgIpc) is 1.59. The van der Waals surface area contributed by atoms with Crippen LogP contribution in [0.3, 0.4) is 0 Å². The first-order valence-electron chi connectivity index (χ1n) is 1.55. The van der Waals surface area contributed by atoms with E-state index in [2.05, 4.69) is 15.0 Å². The van der Waals surface area contributed by atoms with Crippen LogP contribution in [0.5, 0.6) is 0 Å². The van der Waals surface area contributed by atoms with Crippen molar-refractivity contribution in [3.63, 3.8) is 0 Å². The van der Waals surface area contributed by atoms with Gasteiger partial charge in [0.05, 0.1) is 0 Å². The highest BCUT2D eigenvalue weighted by atomic mass is 32.3. The van der Waals surface area contributed by atoms with Gasteiger partial charge in [-0.2, -0.15) is 8.42 Å². The van der Waals surface area contributed by atoms with E-state index < -0.39 is 16.5 Å². The fourth-order valence-electron chi connectivity index (χ4n) is 0.0765. The van der Waals surface area contributed by atoms with Crippen LogP contribution < -0.4 is 5.73 Å². The van der Waals surface area contributed by atoms with E-state index in [4.69, 9.17) is 4.55 Å². The Balaban J connectivity index is 3.67. The fraction of sp³-hybridized carbons (Fsp3) is 0. The number of hydrogen-bond donors (Lipinski definition) is 2. The smallest absolute Gasteiger partial charge is 0.333 e. The molecule has 0 fully saturated rings. The lowest BCUT2D eigenvalue weighted by molar-refractivity contribution is -0.140. The summed E-state index contributed by atoms with van der Waals surface area (Å²) in [6.45, 7) is 0. The molecular formula is CH3NO6S. The van der Waals surface area contributed by atoms with E-state index in [9.17, 15) is 13.2 Å². The molecule has 0 unspecified atom stereocenters. The minimum atomic E-state index is -4.74. The molecule has 0 aliphatic rings. The summed E-state index contributed by atoms with van der Waals surface area (Å²) < 4.78 is 29.8. The molecule has 9 heavy (non-hydrogen) atoms. The van der Waals surface area contributed by atoms with Crippen LogP contribution in [0.4, 0.5) is 4.79 Å². The van der Waals surface area contributed by atoms with Crippen molar-refractivity contribution in [2.24, 2.45) is 5.73 Å². The number of amides is 1. The maximum Gasteiger partial charge on any atom is 0.437 e. The highest BCUT2D eigenvalue weighted by molar-refractivity contribution is 7.80. The summed E-state index contributed by atoms with van der Waals surface area (Å²) in [6, 6.07) is 0. The molecule has 8 heteroatoms. The zero-order valence-electron chi connectivity index (χ0n) is 3.97. The maximum absolute atomic E-state index is 9.55. The molecule has 0 rings (SSSR count). The van der Waals surface area contributed by atoms with Gasteiger partial charge in [0.1, 0.15) is 0 Å². The first-order chi connectivity index (χ1) is 3.92. The molecule has 0 aliphatic carbocycles. The van der Waals surface area contributed by atoms with Gasteiger partial charge in [-0.25, -0.2) is 4.79 Å². The molecule has 0 atom stereocenters. The van der Waals surface area contributed by atoms with E-state index in [0.717, 1.165) is 0 Å².